The molecule has 0 aliphatic rings. The zero-order chi connectivity index (χ0) is 41.4. The molecule has 0 heterocycles. The van der Waals surface area contributed by atoms with Crippen molar-refractivity contribution in [3.8, 4) is 0 Å². The fourth-order valence-electron chi connectivity index (χ4n) is 7.04. The van der Waals surface area contributed by atoms with Gasteiger partial charge in [-0.05, 0) is 33.4 Å². The molecule has 0 spiro atoms. The van der Waals surface area contributed by atoms with Crippen molar-refractivity contribution < 1.29 is 19.1 Å². The number of rotatable bonds is 17. The molecule has 4 atom stereocenters. The number of alkyl carbamates (subject to hydrolysis) is 2. The van der Waals surface area contributed by atoms with Gasteiger partial charge in [0.05, 0.1) is 24.2 Å². The summed E-state index contributed by atoms with van der Waals surface area (Å²) in [5, 5.41) is 15.2. The molecular formula is C50H47N4O4PS. The Bertz CT molecular complexity index is 2270. The first-order valence-electron chi connectivity index (χ1n) is 19.8. The third-order valence-corrected chi connectivity index (χ3v) is 13.6. The SMILES string of the molecule is O=C(N[C@H](c1ccccc1)[C@H](NP(=S)(N[C@H](c1ccccc1)[C@H](NC(=O)OCc1ccccc1)c1ccccc1)c1ccccc1)c1ccccc1)OCc1ccccc1. The third kappa shape index (κ3) is 11.4. The third-order valence-electron chi connectivity index (χ3n) is 10.0. The van der Waals surface area contributed by atoms with E-state index in [0.717, 1.165) is 38.7 Å². The molecule has 0 unspecified atom stereocenters. The number of nitrogens with one attached hydrogen (secondary N) is 4. The van der Waals surface area contributed by atoms with E-state index in [4.69, 9.17) is 21.3 Å². The van der Waals surface area contributed by atoms with Crippen LogP contribution in [0.2, 0.25) is 0 Å². The van der Waals surface area contributed by atoms with Crippen LogP contribution in [0.4, 0.5) is 9.59 Å². The molecule has 0 aliphatic heterocycles. The van der Waals surface area contributed by atoms with Crippen molar-refractivity contribution in [3.63, 3.8) is 0 Å². The Morgan fingerprint density at radius 1 is 0.400 bits per heavy atom. The zero-order valence-corrected chi connectivity index (χ0v) is 34.6. The molecule has 0 fully saturated rings. The van der Waals surface area contributed by atoms with Crippen molar-refractivity contribution in [2.75, 3.05) is 0 Å². The molecule has 0 saturated heterocycles. The van der Waals surface area contributed by atoms with E-state index < -0.39 is 42.7 Å². The highest BCUT2D eigenvalue weighted by Crippen LogP contribution is 2.47. The summed E-state index contributed by atoms with van der Waals surface area (Å²) in [7, 11) is 0. The van der Waals surface area contributed by atoms with Crippen LogP contribution in [0.5, 0.6) is 0 Å². The molecule has 0 aromatic heterocycles. The molecule has 7 rings (SSSR count). The van der Waals surface area contributed by atoms with Gasteiger partial charge in [-0.25, -0.2) is 9.59 Å². The largest absolute Gasteiger partial charge is 0.445 e. The maximum atomic E-state index is 13.8. The maximum Gasteiger partial charge on any atom is 0.408 e. The molecule has 0 saturated carbocycles. The quantitative estimate of drug-likeness (QED) is 0.0678. The van der Waals surface area contributed by atoms with Crippen LogP contribution in [0.25, 0.3) is 0 Å². The lowest BCUT2D eigenvalue weighted by Gasteiger charge is -2.39. The van der Waals surface area contributed by atoms with Crippen molar-refractivity contribution in [2.45, 2.75) is 37.4 Å². The first-order valence-corrected chi connectivity index (χ1v) is 22.6. The zero-order valence-electron chi connectivity index (χ0n) is 32.9. The minimum absolute atomic E-state index is 0.113. The van der Waals surface area contributed by atoms with Crippen molar-refractivity contribution in [3.05, 3.63) is 246 Å². The van der Waals surface area contributed by atoms with Gasteiger partial charge in [0.2, 0.25) is 0 Å². The fraction of sp³-hybridized carbons (Fsp3) is 0.120. The van der Waals surface area contributed by atoms with Gasteiger partial charge in [-0.1, -0.05) is 224 Å². The molecule has 4 N–H and O–H groups in total. The molecular weight excluding hydrogens is 784 g/mol. The van der Waals surface area contributed by atoms with Crippen LogP contribution in [0.1, 0.15) is 57.5 Å². The van der Waals surface area contributed by atoms with Gasteiger partial charge in [0.15, 0.2) is 0 Å². The van der Waals surface area contributed by atoms with E-state index >= 15 is 0 Å². The second kappa shape index (κ2) is 21.1. The molecule has 0 aliphatic carbocycles. The predicted octanol–water partition coefficient (Wildman–Crippen LogP) is 10.6. The summed E-state index contributed by atoms with van der Waals surface area (Å²) < 4.78 is 11.6. The van der Waals surface area contributed by atoms with Gasteiger partial charge < -0.3 is 20.1 Å². The number of carbonyl (C=O) groups excluding carboxylic acids is 2. The predicted molar refractivity (Wildman–Crippen MR) is 243 cm³/mol. The van der Waals surface area contributed by atoms with Crippen LogP contribution in [0.15, 0.2) is 212 Å². The van der Waals surface area contributed by atoms with Gasteiger partial charge in [-0.3, -0.25) is 10.2 Å². The summed E-state index contributed by atoms with van der Waals surface area (Å²) in [6, 6.07) is 66.3. The fourth-order valence-corrected chi connectivity index (χ4v) is 10.4. The first-order chi connectivity index (χ1) is 29.4. The number of amides is 2. The average molecular weight is 831 g/mol. The Kier molecular flexibility index (Phi) is 14.7. The standard InChI is InChI=1S/C50H47N4O4PS/c55-49(57-36-38-22-8-1-9-23-38)51-45(40-26-12-3-13-27-40)47(42-30-16-5-17-31-42)53-59(60,44-34-20-7-21-35-44)54-48(43-32-18-6-19-33-43)46(41-28-14-4-15-29-41)52-50(56)58-37-39-24-10-2-11-25-39/h1-35,45-48H,36-37H2,(H,51,55)(H,52,56)(H2,53,54,60)/t45-,46-,47-,48-/m1/s1. The summed E-state index contributed by atoms with van der Waals surface area (Å²) in [5.74, 6) is 0. The highest BCUT2D eigenvalue weighted by Gasteiger charge is 2.37. The number of carbonyl (C=O) groups is 2. The molecule has 7 aromatic carbocycles. The monoisotopic (exact) mass is 830 g/mol. The van der Waals surface area contributed by atoms with Crippen LogP contribution in [0.3, 0.4) is 0 Å². The Morgan fingerprint density at radius 2 is 0.667 bits per heavy atom. The van der Waals surface area contributed by atoms with Gasteiger partial charge >= 0.3 is 12.2 Å². The summed E-state index contributed by atoms with van der Waals surface area (Å²) in [6.45, 7) is 0.225. The minimum atomic E-state index is -3.13. The second-order valence-electron chi connectivity index (χ2n) is 14.2. The van der Waals surface area contributed by atoms with Gasteiger partial charge in [0.1, 0.15) is 19.6 Å². The van der Waals surface area contributed by atoms with Crippen molar-refractivity contribution in [2.24, 2.45) is 0 Å². The van der Waals surface area contributed by atoms with E-state index in [2.05, 4.69) is 20.8 Å². The van der Waals surface area contributed by atoms with Gasteiger partial charge in [-0.15, -0.1) is 0 Å². The number of ether oxygens (including phenoxy) is 2. The molecule has 10 heteroatoms. The van der Waals surface area contributed by atoms with E-state index in [0.29, 0.717) is 0 Å². The van der Waals surface area contributed by atoms with E-state index in [1.165, 1.54) is 0 Å². The first kappa shape index (κ1) is 41.8. The Labute approximate surface area is 357 Å². The highest BCUT2D eigenvalue weighted by atomic mass is 32.4. The van der Waals surface area contributed by atoms with Crippen molar-refractivity contribution in [1.29, 1.82) is 0 Å². The van der Waals surface area contributed by atoms with Gasteiger partial charge in [0.25, 0.3) is 0 Å². The summed E-state index contributed by atoms with van der Waals surface area (Å²) in [5.41, 5.74) is 5.27. The molecule has 8 nitrogen and oxygen atoms in total. The van der Waals surface area contributed by atoms with E-state index in [1.54, 1.807) is 0 Å². The van der Waals surface area contributed by atoms with Crippen molar-refractivity contribution in [1.82, 2.24) is 20.8 Å². The molecule has 0 radical (unpaired) electrons. The smallest absolute Gasteiger partial charge is 0.408 e. The minimum Gasteiger partial charge on any atom is -0.445 e. The van der Waals surface area contributed by atoms with E-state index in [9.17, 15) is 9.59 Å². The summed E-state index contributed by atoms with van der Waals surface area (Å²) >= 11 is 6.92. The number of hydrogen-bond acceptors (Lipinski definition) is 5. The lowest BCUT2D eigenvalue weighted by molar-refractivity contribution is 0.133. The molecule has 60 heavy (non-hydrogen) atoms. The van der Waals surface area contributed by atoms with Crippen LogP contribution < -0.4 is 26.1 Å². The molecule has 2 amide bonds. The van der Waals surface area contributed by atoms with E-state index in [1.807, 2.05) is 212 Å². The lowest BCUT2D eigenvalue weighted by Crippen LogP contribution is -2.44. The molecule has 7 aromatic rings. The summed E-state index contributed by atoms with van der Waals surface area (Å²) in [4.78, 5) is 27.6. The van der Waals surface area contributed by atoms with Crippen LogP contribution in [-0.4, -0.2) is 12.2 Å². The Balaban J connectivity index is 1.29. The van der Waals surface area contributed by atoms with Gasteiger partial charge in [-0.2, -0.15) is 0 Å². The van der Waals surface area contributed by atoms with Crippen LogP contribution >= 0.6 is 6.34 Å². The van der Waals surface area contributed by atoms with Gasteiger partial charge in [0, 0.05) is 5.30 Å². The Hall–Kier alpha value is -6.35. The van der Waals surface area contributed by atoms with Crippen molar-refractivity contribution >= 4 is 35.6 Å². The number of benzene rings is 7. The highest BCUT2D eigenvalue weighted by molar-refractivity contribution is 8.16. The summed E-state index contributed by atoms with van der Waals surface area (Å²) in [6.07, 6.45) is -4.26. The maximum absolute atomic E-state index is 13.8. The normalized spacial score (nSPS) is 13.2. The molecule has 0 bridgehead atoms. The lowest BCUT2D eigenvalue weighted by atomic mass is 9.94. The topological polar surface area (TPSA) is 101 Å². The average Bonchev–Trinajstić information content (AvgIpc) is 3.32. The van der Waals surface area contributed by atoms with Crippen LogP contribution in [0, 0.1) is 0 Å². The molecule has 302 valence electrons. The van der Waals surface area contributed by atoms with E-state index in [-0.39, 0.29) is 13.2 Å². The van der Waals surface area contributed by atoms with Crippen LogP contribution in [-0.2, 0) is 34.5 Å². The number of hydrogen-bond donors (Lipinski definition) is 4. The second-order valence-corrected chi connectivity index (χ2v) is 18.1. The Morgan fingerprint density at radius 3 is 0.983 bits per heavy atom.